The SMILES string of the molecule is CC[C@@H](CO[Si](C)(C)C(C)(C)C)NS(=O)(=O)c1nc2ccccc2s1. The third-order valence-corrected chi connectivity index (χ3v) is 12.2. The number of rotatable bonds is 7. The van der Waals surface area contributed by atoms with Crippen LogP contribution >= 0.6 is 11.3 Å². The van der Waals surface area contributed by atoms with Crippen molar-refractivity contribution >= 4 is 39.9 Å². The molecule has 1 aromatic carbocycles. The molecular weight excluding hydrogens is 372 g/mol. The molecule has 140 valence electrons. The molecule has 0 fully saturated rings. The van der Waals surface area contributed by atoms with Crippen LogP contribution in [0.1, 0.15) is 34.1 Å². The first kappa shape index (κ1) is 20.5. The van der Waals surface area contributed by atoms with Gasteiger partial charge in [0.25, 0.3) is 10.0 Å². The Kier molecular flexibility index (Phi) is 6.10. The van der Waals surface area contributed by atoms with Crippen LogP contribution in [0.5, 0.6) is 0 Å². The summed E-state index contributed by atoms with van der Waals surface area (Å²) in [4.78, 5) is 4.26. The van der Waals surface area contributed by atoms with Gasteiger partial charge in [0.2, 0.25) is 4.34 Å². The van der Waals surface area contributed by atoms with Crippen LogP contribution in [0.15, 0.2) is 28.6 Å². The molecule has 25 heavy (non-hydrogen) atoms. The summed E-state index contributed by atoms with van der Waals surface area (Å²) >= 11 is 1.19. The molecule has 1 aromatic heterocycles. The van der Waals surface area contributed by atoms with Gasteiger partial charge < -0.3 is 4.43 Å². The minimum absolute atomic E-state index is 0.0944. The normalized spacial score (nSPS) is 14.8. The number of benzene rings is 1. The molecule has 1 heterocycles. The number of hydrogen-bond acceptors (Lipinski definition) is 5. The summed E-state index contributed by atoms with van der Waals surface area (Å²) in [5.41, 5.74) is 0.707. The fourth-order valence-corrected chi connectivity index (χ4v) is 5.59. The topological polar surface area (TPSA) is 68.3 Å². The Morgan fingerprint density at radius 2 is 1.92 bits per heavy atom. The molecule has 0 aliphatic carbocycles. The zero-order valence-corrected chi connectivity index (χ0v) is 18.4. The zero-order chi connectivity index (χ0) is 18.9. The van der Waals surface area contributed by atoms with E-state index < -0.39 is 18.3 Å². The van der Waals surface area contributed by atoms with Gasteiger partial charge in [-0.2, -0.15) is 0 Å². The summed E-state index contributed by atoms with van der Waals surface area (Å²) < 4.78 is 35.3. The Hall–Kier alpha value is -0.803. The maximum absolute atomic E-state index is 12.7. The summed E-state index contributed by atoms with van der Waals surface area (Å²) in [6, 6.07) is 7.18. The van der Waals surface area contributed by atoms with Crippen molar-refractivity contribution in [1.29, 1.82) is 0 Å². The third kappa shape index (κ3) is 4.88. The molecule has 0 radical (unpaired) electrons. The minimum atomic E-state index is -3.64. The number of hydrogen-bond donors (Lipinski definition) is 1. The standard InChI is InChI=1S/C17H28N2O3S2Si/c1-7-13(12-22-25(5,6)17(2,3)4)19-24(20,21)16-18-14-10-8-9-11-15(14)23-16/h8-11,13,19H,7,12H2,1-6H3/t13-/m0/s1. The van der Waals surface area contributed by atoms with E-state index in [1.807, 2.05) is 31.2 Å². The largest absolute Gasteiger partial charge is 0.415 e. The van der Waals surface area contributed by atoms with E-state index in [1.54, 1.807) is 0 Å². The van der Waals surface area contributed by atoms with Crippen molar-refractivity contribution < 1.29 is 12.8 Å². The molecular formula is C17H28N2O3S2Si. The number of fused-ring (bicyclic) bond motifs is 1. The van der Waals surface area contributed by atoms with E-state index in [0.717, 1.165) is 4.70 Å². The molecule has 1 atom stereocenters. The number of thiazole rings is 1. The predicted octanol–water partition coefficient (Wildman–Crippen LogP) is 4.38. The van der Waals surface area contributed by atoms with Gasteiger partial charge in [-0.25, -0.2) is 18.1 Å². The molecule has 0 spiro atoms. The van der Waals surface area contributed by atoms with Crippen molar-refractivity contribution in [2.24, 2.45) is 0 Å². The van der Waals surface area contributed by atoms with Gasteiger partial charge in [-0.05, 0) is 36.7 Å². The van der Waals surface area contributed by atoms with E-state index >= 15 is 0 Å². The number of sulfonamides is 1. The minimum Gasteiger partial charge on any atom is -0.415 e. The average molecular weight is 401 g/mol. The first-order valence-electron chi connectivity index (χ1n) is 8.48. The molecule has 8 heteroatoms. The van der Waals surface area contributed by atoms with E-state index in [9.17, 15) is 8.42 Å². The van der Waals surface area contributed by atoms with Crippen molar-refractivity contribution in [2.75, 3.05) is 6.61 Å². The van der Waals surface area contributed by atoms with Gasteiger partial charge in [-0.1, -0.05) is 39.8 Å². The highest BCUT2D eigenvalue weighted by molar-refractivity contribution is 7.91. The molecule has 0 saturated carbocycles. The van der Waals surface area contributed by atoms with Crippen LogP contribution in [-0.4, -0.2) is 34.4 Å². The fourth-order valence-electron chi connectivity index (χ4n) is 2.00. The van der Waals surface area contributed by atoms with E-state index in [4.69, 9.17) is 4.43 Å². The fraction of sp³-hybridized carbons (Fsp3) is 0.588. The second-order valence-corrected chi connectivity index (χ2v) is 15.5. The zero-order valence-electron chi connectivity index (χ0n) is 15.8. The molecule has 5 nitrogen and oxygen atoms in total. The highest BCUT2D eigenvalue weighted by Gasteiger charge is 2.37. The monoisotopic (exact) mass is 400 g/mol. The Labute approximate surface area is 156 Å². The molecule has 0 unspecified atom stereocenters. The molecule has 1 N–H and O–H groups in total. The van der Waals surface area contributed by atoms with Crippen LogP contribution in [0.3, 0.4) is 0 Å². The van der Waals surface area contributed by atoms with Crippen LogP contribution in [0.25, 0.3) is 10.2 Å². The van der Waals surface area contributed by atoms with Crippen molar-refractivity contribution in [2.45, 2.75) is 62.6 Å². The van der Waals surface area contributed by atoms with Crippen molar-refractivity contribution in [3.63, 3.8) is 0 Å². The van der Waals surface area contributed by atoms with Gasteiger partial charge in [0.1, 0.15) is 0 Å². The van der Waals surface area contributed by atoms with Crippen molar-refractivity contribution in [1.82, 2.24) is 9.71 Å². The highest BCUT2D eigenvalue weighted by atomic mass is 32.2. The number of para-hydroxylation sites is 1. The molecule has 2 rings (SSSR count). The molecule has 2 aromatic rings. The van der Waals surface area contributed by atoms with E-state index in [2.05, 4.69) is 43.6 Å². The smallest absolute Gasteiger partial charge is 0.268 e. The first-order valence-corrected chi connectivity index (χ1v) is 13.7. The van der Waals surface area contributed by atoms with Gasteiger partial charge in [0.05, 0.1) is 16.8 Å². The third-order valence-electron chi connectivity index (χ3n) is 4.77. The maximum atomic E-state index is 12.7. The molecule has 0 aliphatic heterocycles. The summed E-state index contributed by atoms with van der Waals surface area (Å²) in [5.74, 6) is 0. The Bertz CT molecular complexity index is 793. The number of aromatic nitrogens is 1. The molecule has 0 saturated heterocycles. The maximum Gasteiger partial charge on any atom is 0.268 e. The lowest BCUT2D eigenvalue weighted by Gasteiger charge is -2.37. The van der Waals surface area contributed by atoms with Gasteiger partial charge in [0.15, 0.2) is 8.32 Å². The van der Waals surface area contributed by atoms with Gasteiger partial charge >= 0.3 is 0 Å². The van der Waals surface area contributed by atoms with E-state index in [-0.39, 0.29) is 15.4 Å². The van der Waals surface area contributed by atoms with E-state index in [1.165, 1.54) is 11.3 Å². The van der Waals surface area contributed by atoms with Crippen LogP contribution < -0.4 is 4.72 Å². The first-order chi connectivity index (χ1) is 11.5. The Morgan fingerprint density at radius 1 is 1.28 bits per heavy atom. The second-order valence-electron chi connectivity index (χ2n) is 7.75. The predicted molar refractivity (Wildman–Crippen MR) is 107 cm³/mol. The average Bonchev–Trinajstić information content (AvgIpc) is 2.95. The number of nitrogens with zero attached hydrogens (tertiary/aromatic N) is 1. The van der Waals surface area contributed by atoms with Crippen LogP contribution in [0.4, 0.5) is 0 Å². The van der Waals surface area contributed by atoms with Crippen LogP contribution in [-0.2, 0) is 14.4 Å². The van der Waals surface area contributed by atoms with Crippen molar-refractivity contribution in [3.8, 4) is 0 Å². The van der Waals surface area contributed by atoms with Gasteiger partial charge in [-0.15, -0.1) is 11.3 Å². The quantitative estimate of drug-likeness (QED) is 0.701. The highest BCUT2D eigenvalue weighted by Crippen LogP contribution is 2.36. The summed E-state index contributed by atoms with van der Waals surface area (Å²) in [6.45, 7) is 13.2. The van der Waals surface area contributed by atoms with Gasteiger partial charge in [0, 0.05) is 6.04 Å². The van der Waals surface area contributed by atoms with Gasteiger partial charge in [-0.3, -0.25) is 0 Å². The van der Waals surface area contributed by atoms with E-state index in [0.29, 0.717) is 18.5 Å². The second kappa shape index (κ2) is 7.44. The lowest BCUT2D eigenvalue weighted by Crippen LogP contribution is -2.46. The van der Waals surface area contributed by atoms with Crippen LogP contribution in [0, 0.1) is 0 Å². The summed E-state index contributed by atoms with van der Waals surface area (Å²) in [6.07, 6.45) is 0.665. The Balaban J connectivity index is 2.11. The molecule has 0 bridgehead atoms. The molecule has 0 aliphatic rings. The molecule has 0 amide bonds. The summed E-state index contributed by atoms with van der Waals surface area (Å²) in [7, 11) is -5.56. The summed E-state index contributed by atoms with van der Waals surface area (Å²) in [5, 5.41) is 0.0944. The lowest BCUT2D eigenvalue weighted by molar-refractivity contribution is 0.252. The van der Waals surface area contributed by atoms with Crippen LogP contribution in [0.2, 0.25) is 18.1 Å². The Morgan fingerprint density at radius 3 is 2.48 bits per heavy atom. The van der Waals surface area contributed by atoms with Crippen molar-refractivity contribution in [3.05, 3.63) is 24.3 Å². The lowest BCUT2D eigenvalue weighted by atomic mass is 10.2. The number of nitrogens with one attached hydrogen (secondary N) is 1.